The molecule has 7 nitrogen and oxygen atoms in total. The lowest BCUT2D eigenvalue weighted by atomic mass is 10.1. The summed E-state index contributed by atoms with van der Waals surface area (Å²) in [6.45, 7) is 0. The van der Waals surface area contributed by atoms with Crippen LogP contribution in [0.3, 0.4) is 0 Å². The molecule has 0 spiro atoms. The molecule has 0 bridgehead atoms. The van der Waals surface area contributed by atoms with Gasteiger partial charge < -0.3 is 19.1 Å². The summed E-state index contributed by atoms with van der Waals surface area (Å²) in [7, 11) is 6.33. The molecule has 1 aliphatic rings. The van der Waals surface area contributed by atoms with Crippen LogP contribution in [-0.4, -0.2) is 46.2 Å². The Bertz CT molecular complexity index is 906. The highest BCUT2D eigenvalue weighted by Crippen LogP contribution is 2.39. The van der Waals surface area contributed by atoms with Gasteiger partial charge in [-0.3, -0.25) is 4.79 Å². The highest BCUT2D eigenvalue weighted by molar-refractivity contribution is 6.54. The molecule has 2 aromatic rings. The van der Waals surface area contributed by atoms with Crippen LogP contribution in [0.25, 0.3) is 0 Å². The molecule has 0 atom stereocenters. The average Bonchev–Trinajstić information content (AvgIpc) is 2.92. The number of hydrogen-bond acceptors (Lipinski definition) is 6. The zero-order valence-corrected chi connectivity index (χ0v) is 15.0. The second-order valence-electron chi connectivity index (χ2n) is 5.50. The first-order valence-electron chi connectivity index (χ1n) is 7.89. The van der Waals surface area contributed by atoms with E-state index in [1.165, 1.54) is 20.4 Å². The van der Waals surface area contributed by atoms with Crippen molar-refractivity contribution in [1.29, 1.82) is 0 Å². The Hall–Kier alpha value is -3.35. The van der Waals surface area contributed by atoms with Crippen LogP contribution in [0.15, 0.2) is 46.6 Å². The molecule has 1 heterocycles. The molecule has 0 N–H and O–H groups in total. The van der Waals surface area contributed by atoms with E-state index in [4.69, 9.17) is 14.2 Å². The number of amides is 1. The minimum absolute atomic E-state index is 0.192. The Balaban J connectivity index is 1.97. The first kappa shape index (κ1) is 17.5. The van der Waals surface area contributed by atoms with Gasteiger partial charge >= 0.3 is 0 Å². The molecule has 0 aromatic heterocycles. The van der Waals surface area contributed by atoms with Crippen molar-refractivity contribution in [2.45, 2.75) is 0 Å². The Morgan fingerprint density at radius 3 is 2.38 bits per heavy atom. The van der Waals surface area contributed by atoms with Gasteiger partial charge in [0.15, 0.2) is 17.2 Å². The Morgan fingerprint density at radius 1 is 0.962 bits per heavy atom. The summed E-state index contributed by atoms with van der Waals surface area (Å²) in [5.41, 5.74) is 2.53. The zero-order chi connectivity index (χ0) is 18.7. The fraction of sp³-hybridized carbons (Fsp3) is 0.211. The molecule has 2 aromatic carbocycles. The van der Waals surface area contributed by atoms with Crippen LogP contribution in [0.5, 0.6) is 17.2 Å². The van der Waals surface area contributed by atoms with Crippen molar-refractivity contribution in [2.75, 3.05) is 33.3 Å². The molecule has 3 rings (SSSR count). The van der Waals surface area contributed by atoms with Gasteiger partial charge in [0.25, 0.3) is 5.91 Å². The van der Waals surface area contributed by atoms with Gasteiger partial charge in [0.2, 0.25) is 5.75 Å². The van der Waals surface area contributed by atoms with Gasteiger partial charge in [0, 0.05) is 18.2 Å². The van der Waals surface area contributed by atoms with E-state index in [0.29, 0.717) is 28.5 Å². The number of fused-ring (bicyclic) bond motifs is 1. The molecule has 1 amide bonds. The third-order valence-corrected chi connectivity index (χ3v) is 4.12. The van der Waals surface area contributed by atoms with Crippen LogP contribution in [0, 0.1) is 0 Å². The lowest BCUT2D eigenvalue weighted by Crippen LogP contribution is -2.25. The van der Waals surface area contributed by atoms with E-state index < -0.39 is 0 Å². The van der Waals surface area contributed by atoms with E-state index in [0.717, 1.165) is 11.3 Å². The highest BCUT2D eigenvalue weighted by Gasteiger charge is 2.31. The smallest absolute Gasteiger partial charge is 0.279 e. The largest absolute Gasteiger partial charge is 0.493 e. The minimum atomic E-state index is -0.192. The maximum atomic E-state index is 12.4. The number of methoxy groups -OCH3 is 3. The Labute approximate surface area is 151 Å². The molecule has 0 unspecified atom stereocenters. The average molecular weight is 353 g/mol. The number of benzene rings is 2. The van der Waals surface area contributed by atoms with Crippen LogP contribution in [0.1, 0.15) is 11.1 Å². The molecule has 1 aliphatic heterocycles. The van der Waals surface area contributed by atoms with Crippen LogP contribution in [-0.2, 0) is 4.79 Å². The summed E-state index contributed by atoms with van der Waals surface area (Å²) >= 11 is 0. The molecule has 0 radical (unpaired) electrons. The molecule has 7 heteroatoms. The van der Waals surface area contributed by atoms with E-state index in [9.17, 15) is 4.79 Å². The predicted molar refractivity (Wildman–Crippen MR) is 100 cm³/mol. The first-order chi connectivity index (χ1) is 12.6. The van der Waals surface area contributed by atoms with Crippen molar-refractivity contribution in [1.82, 2.24) is 0 Å². The van der Waals surface area contributed by atoms with Gasteiger partial charge in [-0.15, -0.1) is 5.10 Å². The van der Waals surface area contributed by atoms with Gasteiger partial charge in [-0.05, 0) is 18.2 Å². The maximum Gasteiger partial charge on any atom is 0.279 e. The normalized spacial score (nSPS) is 14.8. The number of carbonyl (C=O) groups excluding carboxylic acids is 1. The number of rotatable bonds is 5. The van der Waals surface area contributed by atoms with Crippen molar-refractivity contribution in [3.8, 4) is 17.2 Å². The Morgan fingerprint density at radius 2 is 1.69 bits per heavy atom. The zero-order valence-electron chi connectivity index (χ0n) is 15.0. The van der Waals surface area contributed by atoms with Crippen molar-refractivity contribution in [2.24, 2.45) is 10.2 Å². The fourth-order valence-corrected chi connectivity index (χ4v) is 2.82. The summed E-state index contributed by atoms with van der Waals surface area (Å²) in [6, 6.07) is 11.0. The predicted octanol–water partition coefficient (Wildman–Crippen LogP) is 2.51. The van der Waals surface area contributed by atoms with Crippen LogP contribution >= 0.6 is 0 Å². The molecular formula is C19H19N3O4. The van der Waals surface area contributed by atoms with Gasteiger partial charge in [-0.25, -0.2) is 0 Å². The SMILES string of the molecule is COc1ccc(/C=N\N=C2/C(=O)N(C)c3ccccc32)c(OC)c1OC. The molecule has 134 valence electrons. The molecule has 0 aliphatic carbocycles. The molecular weight excluding hydrogens is 334 g/mol. The number of anilines is 1. The maximum absolute atomic E-state index is 12.4. The van der Waals surface area contributed by atoms with Gasteiger partial charge in [-0.2, -0.15) is 5.10 Å². The van der Waals surface area contributed by atoms with Crippen LogP contribution in [0.4, 0.5) is 5.69 Å². The molecule has 0 saturated heterocycles. The van der Waals surface area contributed by atoms with E-state index >= 15 is 0 Å². The molecule has 26 heavy (non-hydrogen) atoms. The van der Waals surface area contributed by atoms with Crippen LogP contribution < -0.4 is 19.1 Å². The number of para-hydroxylation sites is 1. The number of nitrogens with zero attached hydrogens (tertiary/aromatic N) is 3. The summed E-state index contributed by atoms with van der Waals surface area (Å²) in [5, 5.41) is 8.22. The quantitative estimate of drug-likeness (QED) is 0.612. The van der Waals surface area contributed by atoms with Gasteiger partial charge in [-0.1, -0.05) is 18.2 Å². The minimum Gasteiger partial charge on any atom is -0.493 e. The monoisotopic (exact) mass is 353 g/mol. The third kappa shape index (κ3) is 2.88. The van der Waals surface area contributed by atoms with E-state index in [1.807, 2.05) is 24.3 Å². The Kier molecular flexibility index (Phi) is 4.88. The van der Waals surface area contributed by atoms with Crippen molar-refractivity contribution < 1.29 is 19.0 Å². The summed E-state index contributed by atoms with van der Waals surface area (Å²) < 4.78 is 16.0. The molecule has 0 fully saturated rings. The fourth-order valence-electron chi connectivity index (χ4n) is 2.82. The van der Waals surface area contributed by atoms with Gasteiger partial charge in [0.1, 0.15) is 0 Å². The van der Waals surface area contributed by atoms with Crippen molar-refractivity contribution in [3.63, 3.8) is 0 Å². The van der Waals surface area contributed by atoms with Crippen molar-refractivity contribution >= 4 is 23.5 Å². The van der Waals surface area contributed by atoms with Crippen LogP contribution in [0.2, 0.25) is 0 Å². The number of carbonyl (C=O) groups is 1. The van der Waals surface area contributed by atoms with E-state index in [2.05, 4.69) is 10.2 Å². The standard InChI is InChI=1S/C19H19N3O4/c1-22-14-8-6-5-7-13(14)16(19(22)23)21-20-11-12-9-10-15(24-2)18(26-4)17(12)25-3/h5-11H,1-4H3/b20-11-,21-16-. The summed E-state index contributed by atoms with van der Waals surface area (Å²) in [6.07, 6.45) is 1.52. The van der Waals surface area contributed by atoms with E-state index in [1.54, 1.807) is 31.2 Å². The lowest BCUT2D eigenvalue weighted by molar-refractivity contribution is -0.111. The second-order valence-corrected chi connectivity index (χ2v) is 5.50. The summed E-state index contributed by atoms with van der Waals surface area (Å²) in [5.74, 6) is 1.30. The number of ether oxygens (including phenoxy) is 3. The summed E-state index contributed by atoms with van der Waals surface area (Å²) in [4.78, 5) is 13.9. The number of likely N-dealkylation sites (N-methyl/N-ethyl adjacent to an activating group) is 1. The third-order valence-electron chi connectivity index (χ3n) is 4.12. The van der Waals surface area contributed by atoms with Gasteiger partial charge in [0.05, 0.1) is 33.2 Å². The molecule has 0 saturated carbocycles. The lowest BCUT2D eigenvalue weighted by Gasteiger charge is -2.13. The topological polar surface area (TPSA) is 72.7 Å². The first-order valence-corrected chi connectivity index (χ1v) is 7.89. The second kappa shape index (κ2) is 7.26. The van der Waals surface area contributed by atoms with E-state index in [-0.39, 0.29) is 5.91 Å². The number of hydrogen-bond donors (Lipinski definition) is 0. The highest BCUT2D eigenvalue weighted by atomic mass is 16.5. The van der Waals surface area contributed by atoms with Crippen molar-refractivity contribution in [3.05, 3.63) is 47.5 Å².